The first-order valence-electron chi connectivity index (χ1n) is 8.43. The molecule has 5 nitrogen and oxygen atoms in total. The third kappa shape index (κ3) is 4.14. The lowest BCUT2D eigenvalue weighted by Crippen LogP contribution is -2.29. The first-order valence-corrected chi connectivity index (χ1v) is 10.8. The van der Waals surface area contributed by atoms with Crippen LogP contribution in [0.25, 0.3) is 10.4 Å². The Bertz CT molecular complexity index is 1110. The summed E-state index contributed by atoms with van der Waals surface area (Å²) >= 11 is 1.23. The summed E-state index contributed by atoms with van der Waals surface area (Å²) in [6.45, 7) is 1.84. The summed E-state index contributed by atoms with van der Waals surface area (Å²) < 4.78 is 36.7. The highest BCUT2D eigenvalue weighted by molar-refractivity contribution is 7.89. The van der Waals surface area contributed by atoms with Gasteiger partial charge in [-0.3, -0.25) is 4.79 Å². The quantitative estimate of drug-likeness (QED) is 0.679. The molecule has 0 unspecified atom stereocenters. The molecular formula is C20H19FN2O3S2. The molecule has 8 heteroatoms. The van der Waals surface area contributed by atoms with Gasteiger partial charge in [-0.05, 0) is 42.8 Å². The van der Waals surface area contributed by atoms with Gasteiger partial charge in [0.1, 0.15) is 5.82 Å². The van der Waals surface area contributed by atoms with E-state index in [2.05, 4.69) is 0 Å². The number of benzene rings is 2. The van der Waals surface area contributed by atoms with Crippen LogP contribution in [0.1, 0.15) is 28.2 Å². The van der Waals surface area contributed by atoms with E-state index in [9.17, 15) is 17.6 Å². The van der Waals surface area contributed by atoms with Crippen LogP contribution in [0.2, 0.25) is 0 Å². The minimum Gasteiger partial charge on any atom is -0.334 e. The molecule has 3 aromatic rings. The van der Waals surface area contributed by atoms with Crippen molar-refractivity contribution in [2.75, 3.05) is 7.05 Å². The van der Waals surface area contributed by atoms with Crippen molar-refractivity contribution in [3.63, 3.8) is 0 Å². The van der Waals surface area contributed by atoms with Crippen LogP contribution in [-0.2, 0) is 10.0 Å². The van der Waals surface area contributed by atoms with Crippen LogP contribution >= 0.6 is 11.3 Å². The van der Waals surface area contributed by atoms with Gasteiger partial charge in [0.15, 0.2) is 0 Å². The van der Waals surface area contributed by atoms with Gasteiger partial charge in [0.25, 0.3) is 5.91 Å². The lowest BCUT2D eigenvalue weighted by molar-refractivity contribution is 0.0747. The van der Waals surface area contributed by atoms with Crippen LogP contribution in [-0.4, -0.2) is 26.3 Å². The number of thiophene rings is 1. The van der Waals surface area contributed by atoms with E-state index in [4.69, 9.17) is 5.14 Å². The number of hydrogen-bond donors (Lipinski definition) is 1. The van der Waals surface area contributed by atoms with Crippen molar-refractivity contribution in [3.05, 3.63) is 76.9 Å². The normalized spacial score (nSPS) is 12.6. The summed E-state index contributed by atoms with van der Waals surface area (Å²) in [7, 11) is -2.09. The monoisotopic (exact) mass is 418 g/mol. The van der Waals surface area contributed by atoms with Crippen molar-refractivity contribution >= 4 is 27.3 Å². The second-order valence-electron chi connectivity index (χ2n) is 6.35. The fourth-order valence-electron chi connectivity index (χ4n) is 2.77. The lowest BCUT2D eigenvalue weighted by Gasteiger charge is -2.25. The summed E-state index contributed by atoms with van der Waals surface area (Å²) in [6.07, 6.45) is 0. The smallest absolute Gasteiger partial charge is 0.264 e. The van der Waals surface area contributed by atoms with Crippen LogP contribution in [0, 0.1) is 5.82 Å². The van der Waals surface area contributed by atoms with Crippen molar-refractivity contribution in [3.8, 4) is 10.4 Å². The number of primary sulfonamides is 1. The van der Waals surface area contributed by atoms with Gasteiger partial charge in [0.05, 0.1) is 15.8 Å². The predicted molar refractivity (Wildman–Crippen MR) is 108 cm³/mol. The van der Waals surface area contributed by atoms with Gasteiger partial charge in [-0.15, -0.1) is 11.3 Å². The SMILES string of the molecule is C[C@H](c1ccc(S(N)(=O)=O)cc1)N(C)C(=O)c1ccc(-c2ccccc2F)s1. The Kier molecular flexibility index (Phi) is 5.64. The summed E-state index contributed by atoms with van der Waals surface area (Å²) in [5.74, 6) is -0.532. The standard InChI is InChI=1S/C20H19FN2O3S2/c1-13(14-7-9-15(10-8-14)28(22,25)26)23(2)20(24)19-12-11-18(27-19)16-5-3-4-6-17(16)21/h3-13H,1-2H3,(H2,22,25,26)/t13-/m1/s1. The molecule has 0 aliphatic carbocycles. The molecule has 3 rings (SSSR count). The molecule has 0 radical (unpaired) electrons. The van der Waals surface area contributed by atoms with E-state index < -0.39 is 10.0 Å². The summed E-state index contributed by atoms with van der Waals surface area (Å²) in [4.78, 5) is 15.6. The molecule has 0 fully saturated rings. The maximum absolute atomic E-state index is 14.0. The zero-order valence-electron chi connectivity index (χ0n) is 15.3. The molecule has 1 atom stereocenters. The number of carbonyl (C=O) groups is 1. The first kappa shape index (κ1) is 20.2. The first-order chi connectivity index (χ1) is 13.2. The van der Waals surface area contributed by atoms with Gasteiger partial charge < -0.3 is 4.90 Å². The van der Waals surface area contributed by atoms with Gasteiger partial charge in [-0.25, -0.2) is 17.9 Å². The van der Waals surface area contributed by atoms with Gasteiger partial charge >= 0.3 is 0 Å². The molecular weight excluding hydrogens is 399 g/mol. The number of halogens is 1. The predicted octanol–water partition coefficient (Wildman–Crippen LogP) is 4.03. The number of rotatable bonds is 5. The molecule has 0 aliphatic heterocycles. The number of nitrogens with two attached hydrogens (primary N) is 1. The van der Waals surface area contributed by atoms with Gasteiger partial charge in [0, 0.05) is 17.5 Å². The minimum absolute atomic E-state index is 0.0187. The topological polar surface area (TPSA) is 80.5 Å². The van der Waals surface area contributed by atoms with E-state index in [1.54, 1.807) is 54.4 Å². The summed E-state index contributed by atoms with van der Waals surface area (Å²) in [5, 5.41) is 5.11. The number of amides is 1. The number of carbonyl (C=O) groups excluding carboxylic acids is 1. The third-order valence-electron chi connectivity index (χ3n) is 4.55. The molecule has 0 aliphatic rings. The average Bonchev–Trinajstić information content (AvgIpc) is 3.16. The van der Waals surface area contributed by atoms with Gasteiger partial charge in [-0.1, -0.05) is 30.3 Å². The van der Waals surface area contributed by atoms with E-state index in [0.717, 1.165) is 5.56 Å². The van der Waals surface area contributed by atoms with E-state index in [-0.39, 0.29) is 22.7 Å². The van der Waals surface area contributed by atoms with E-state index >= 15 is 0 Å². The molecule has 1 amide bonds. The van der Waals surface area contributed by atoms with Crippen LogP contribution in [0.5, 0.6) is 0 Å². The molecule has 0 saturated heterocycles. The Morgan fingerprint density at radius 1 is 1.07 bits per heavy atom. The molecule has 1 heterocycles. The van der Waals surface area contributed by atoms with Crippen LogP contribution in [0.4, 0.5) is 4.39 Å². The molecule has 2 aromatic carbocycles. The number of hydrogen-bond acceptors (Lipinski definition) is 4. The fourth-order valence-corrected chi connectivity index (χ4v) is 4.30. The second kappa shape index (κ2) is 7.83. The average molecular weight is 419 g/mol. The highest BCUT2D eigenvalue weighted by Gasteiger charge is 2.21. The zero-order chi connectivity index (χ0) is 20.5. The molecule has 146 valence electrons. The number of sulfonamides is 1. The number of nitrogens with zero attached hydrogens (tertiary/aromatic N) is 1. The lowest BCUT2D eigenvalue weighted by atomic mass is 10.1. The van der Waals surface area contributed by atoms with Gasteiger partial charge in [-0.2, -0.15) is 0 Å². The molecule has 2 N–H and O–H groups in total. The molecule has 0 bridgehead atoms. The van der Waals surface area contributed by atoms with Gasteiger partial charge in [0.2, 0.25) is 10.0 Å². The van der Waals surface area contributed by atoms with E-state index in [1.807, 2.05) is 6.92 Å². The fraction of sp³-hybridized carbons (Fsp3) is 0.150. The molecule has 0 spiro atoms. The summed E-state index contributed by atoms with van der Waals surface area (Å²) in [5.41, 5.74) is 1.23. The van der Waals surface area contributed by atoms with Crippen molar-refractivity contribution < 1.29 is 17.6 Å². The van der Waals surface area contributed by atoms with Crippen LogP contribution < -0.4 is 5.14 Å². The minimum atomic E-state index is -3.76. The Morgan fingerprint density at radius 2 is 1.71 bits per heavy atom. The maximum Gasteiger partial charge on any atom is 0.264 e. The largest absolute Gasteiger partial charge is 0.334 e. The van der Waals surface area contributed by atoms with Crippen molar-refractivity contribution in [2.45, 2.75) is 17.9 Å². The molecule has 0 saturated carbocycles. The highest BCUT2D eigenvalue weighted by atomic mass is 32.2. The van der Waals surface area contributed by atoms with Crippen LogP contribution in [0.3, 0.4) is 0 Å². The second-order valence-corrected chi connectivity index (χ2v) is 9.00. The van der Waals surface area contributed by atoms with Crippen molar-refractivity contribution in [1.29, 1.82) is 0 Å². The Balaban J connectivity index is 1.80. The van der Waals surface area contributed by atoms with E-state index in [0.29, 0.717) is 15.3 Å². The molecule has 1 aromatic heterocycles. The summed E-state index contributed by atoms with van der Waals surface area (Å²) in [6, 6.07) is 15.7. The van der Waals surface area contributed by atoms with Crippen LogP contribution in [0.15, 0.2) is 65.6 Å². The third-order valence-corrected chi connectivity index (χ3v) is 6.58. The Hall–Kier alpha value is -2.55. The molecule has 28 heavy (non-hydrogen) atoms. The Labute approximate surface area is 167 Å². The van der Waals surface area contributed by atoms with E-state index in [1.165, 1.54) is 29.5 Å². The Morgan fingerprint density at radius 3 is 2.32 bits per heavy atom. The van der Waals surface area contributed by atoms with Crippen molar-refractivity contribution in [1.82, 2.24) is 4.90 Å². The van der Waals surface area contributed by atoms with Crippen molar-refractivity contribution in [2.24, 2.45) is 5.14 Å². The highest BCUT2D eigenvalue weighted by Crippen LogP contribution is 2.31. The maximum atomic E-state index is 14.0. The zero-order valence-corrected chi connectivity index (χ0v) is 16.9.